The summed E-state index contributed by atoms with van der Waals surface area (Å²) in [6.07, 6.45) is 5.14. The van der Waals surface area contributed by atoms with Crippen molar-refractivity contribution < 1.29 is 17.6 Å². The molecule has 1 aromatic heterocycles. The van der Waals surface area contributed by atoms with Gasteiger partial charge in [0.1, 0.15) is 11.2 Å². The molecule has 0 spiro atoms. The van der Waals surface area contributed by atoms with Gasteiger partial charge in [0.05, 0.1) is 21.9 Å². The molecule has 2 heterocycles. The molecule has 3 aromatic rings. The van der Waals surface area contributed by atoms with Crippen molar-refractivity contribution in [1.29, 1.82) is 0 Å². The van der Waals surface area contributed by atoms with Gasteiger partial charge in [-0.15, -0.1) is 0 Å². The number of nitrogens with zero attached hydrogens (tertiary/aromatic N) is 2. The first kappa shape index (κ1) is 27.2. The Kier molecular flexibility index (Phi) is 8.80. The fourth-order valence-electron chi connectivity index (χ4n) is 4.21. The molecule has 11 heteroatoms. The molecule has 0 aliphatic carbocycles. The summed E-state index contributed by atoms with van der Waals surface area (Å²) in [5.74, 6) is -0.245. The molecule has 0 bridgehead atoms. The zero-order chi connectivity index (χ0) is 25.9. The van der Waals surface area contributed by atoms with Crippen molar-refractivity contribution in [3.8, 4) is 0 Å². The van der Waals surface area contributed by atoms with Crippen LogP contribution in [0.15, 0.2) is 62.7 Å². The number of likely N-dealkylation sites (tertiary alicyclic amines) is 1. The van der Waals surface area contributed by atoms with Crippen molar-refractivity contribution in [2.75, 3.05) is 20.1 Å². The number of amides is 1. The van der Waals surface area contributed by atoms with E-state index >= 15 is 0 Å². The molecule has 1 N–H and O–H groups in total. The van der Waals surface area contributed by atoms with E-state index in [4.69, 9.17) is 27.6 Å². The Labute approximate surface area is 229 Å². The van der Waals surface area contributed by atoms with Crippen molar-refractivity contribution in [3.63, 3.8) is 0 Å². The Morgan fingerprint density at radius 1 is 1.11 bits per heavy atom. The van der Waals surface area contributed by atoms with Crippen molar-refractivity contribution in [3.05, 3.63) is 85.7 Å². The van der Waals surface area contributed by atoms with Crippen LogP contribution in [-0.4, -0.2) is 43.7 Å². The molecule has 7 nitrogen and oxygen atoms in total. The number of sulfonamides is 1. The van der Waals surface area contributed by atoms with E-state index in [-0.39, 0.29) is 27.4 Å². The molecule has 36 heavy (non-hydrogen) atoms. The highest BCUT2D eigenvalue weighted by Gasteiger charge is 2.28. The van der Waals surface area contributed by atoms with Crippen LogP contribution in [0.3, 0.4) is 0 Å². The van der Waals surface area contributed by atoms with E-state index < -0.39 is 10.0 Å². The van der Waals surface area contributed by atoms with E-state index in [1.54, 1.807) is 6.07 Å². The third kappa shape index (κ3) is 6.33. The Morgan fingerprint density at radius 2 is 1.81 bits per heavy atom. The van der Waals surface area contributed by atoms with E-state index in [9.17, 15) is 13.2 Å². The molecular formula is C25H26BrCl2N3O4S. The Morgan fingerprint density at radius 3 is 2.44 bits per heavy atom. The minimum absolute atomic E-state index is 0.0502. The maximum Gasteiger partial charge on any atom is 0.254 e. The lowest BCUT2D eigenvalue weighted by molar-refractivity contribution is 0.0950. The van der Waals surface area contributed by atoms with E-state index in [1.807, 2.05) is 18.2 Å². The van der Waals surface area contributed by atoms with Crippen molar-refractivity contribution in [1.82, 2.24) is 14.5 Å². The summed E-state index contributed by atoms with van der Waals surface area (Å²) in [7, 11) is -2.46. The van der Waals surface area contributed by atoms with Gasteiger partial charge in [0.25, 0.3) is 5.91 Å². The molecule has 1 aliphatic heterocycles. The Hall–Kier alpha value is -1.88. The highest BCUT2D eigenvalue weighted by atomic mass is 79.9. The van der Waals surface area contributed by atoms with Crippen molar-refractivity contribution in [2.45, 2.75) is 37.4 Å². The van der Waals surface area contributed by atoms with Gasteiger partial charge in [-0.1, -0.05) is 57.3 Å². The fraction of sp³-hybridized carbons (Fsp3) is 0.320. The van der Waals surface area contributed by atoms with Crippen molar-refractivity contribution >= 4 is 55.1 Å². The number of benzene rings is 2. The number of carbonyl (C=O) groups is 1. The van der Waals surface area contributed by atoms with Crippen LogP contribution < -0.4 is 5.32 Å². The molecule has 1 fully saturated rings. The molecular weight excluding hydrogens is 589 g/mol. The lowest BCUT2D eigenvalue weighted by Crippen LogP contribution is -2.28. The predicted molar refractivity (Wildman–Crippen MR) is 144 cm³/mol. The van der Waals surface area contributed by atoms with Gasteiger partial charge >= 0.3 is 0 Å². The normalized spacial score (nSPS) is 14.5. The molecule has 0 unspecified atom stereocenters. The third-order valence-electron chi connectivity index (χ3n) is 6.12. The number of nitrogens with one attached hydrogen (secondary N) is 1. The molecule has 192 valence electrons. The van der Waals surface area contributed by atoms with E-state index in [0.717, 1.165) is 49.2 Å². The maximum absolute atomic E-state index is 13.4. The van der Waals surface area contributed by atoms with Gasteiger partial charge in [-0.3, -0.25) is 9.69 Å². The lowest BCUT2D eigenvalue weighted by atomic mass is 10.0. The van der Waals surface area contributed by atoms with Crippen LogP contribution in [0.25, 0.3) is 0 Å². The minimum Gasteiger partial charge on any atom is -0.472 e. The lowest BCUT2D eigenvalue weighted by Gasteiger charge is -2.23. The minimum atomic E-state index is -3.97. The van der Waals surface area contributed by atoms with Gasteiger partial charge in [0.2, 0.25) is 10.0 Å². The zero-order valence-corrected chi connectivity index (χ0v) is 23.6. The number of rotatable bonds is 9. The van der Waals surface area contributed by atoms with Gasteiger partial charge in [-0.25, -0.2) is 8.42 Å². The second kappa shape index (κ2) is 11.7. The second-order valence-corrected chi connectivity index (χ2v) is 12.5. The number of carbonyl (C=O) groups excluding carboxylic acids is 1. The average molecular weight is 615 g/mol. The molecule has 0 radical (unpaired) electrons. The summed E-state index contributed by atoms with van der Waals surface area (Å²) >= 11 is 15.8. The zero-order valence-electron chi connectivity index (χ0n) is 19.6. The summed E-state index contributed by atoms with van der Waals surface area (Å²) < 4.78 is 33.7. The maximum atomic E-state index is 13.4. The SMILES string of the molecule is CN(Cc1cc(CNC(=O)c2ccoc2)ccc1CN1CCCC1)S(=O)(=O)c1c(Cl)cc(Br)cc1Cl. The van der Waals surface area contributed by atoms with E-state index in [1.165, 1.54) is 36.0 Å². The van der Waals surface area contributed by atoms with Gasteiger partial charge < -0.3 is 9.73 Å². The molecule has 0 atom stereocenters. The highest BCUT2D eigenvalue weighted by molar-refractivity contribution is 9.10. The van der Waals surface area contributed by atoms with Gasteiger partial charge in [-0.2, -0.15) is 4.31 Å². The highest BCUT2D eigenvalue weighted by Crippen LogP contribution is 2.35. The smallest absolute Gasteiger partial charge is 0.254 e. The number of hydrogen-bond donors (Lipinski definition) is 1. The summed E-state index contributed by atoms with van der Waals surface area (Å²) in [5.41, 5.74) is 3.19. The average Bonchev–Trinajstić information content (AvgIpc) is 3.52. The van der Waals surface area contributed by atoms with Crippen molar-refractivity contribution in [2.24, 2.45) is 0 Å². The Bertz CT molecular complexity index is 1320. The van der Waals surface area contributed by atoms with Crippen LogP contribution in [0, 0.1) is 0 Å². The first-order valence-electron chi connectivity index (χ1n) is 11.4. The van der Waals surface area contributed by atoms with Gasteiger partial charge in [0.15, 0.2) is 0 Å². The van der Waals surface area contributed by atoms with E-state index in [0.29, 0.717) is 16.6 Å². The van der Waals surface area contributed by atoms with Crippen LogP contribution in [0.2, 0.25) is 10.0 Å². The van der Waals surface area contributed by atoms with Crippen LogP contribution in [0.4, 0.5) is 0 Å². The van der Waals surface area contributed by atoms with Gasteiger partial charge in [-0.05, 0) is 60.8 Å². The molecule has 1 saturated heterocycles. The summed E-state index contributed by atoms with van der Waals surface area (Å²) in [5, 5.41) is 2.97. The first-order valence-corrected chi connectivity index (χ1v) is 14.4. The molecule has 4 rings (SSSR count). The predicted octanol–water partition coefficient (Wildman–Crippen LogP) is 5.70. The topological polar surface area (TPSA) is 82.9 Å². The monoisotopic (exact) mass is 613 g/mol. The van der Waals surface area contributed by atoms with E-state index in [2.05, 4.69) is 26.1 Å². The summed E-state index contributed by atoms with van der Waals surface area (Å²) in [6, 6.07) is 10.5. The number of furan rings is 1. The molecule has 0 saturated carbocycles. The van der Waals surface area contributed by atoms with Crippen LogP contribution in [-0.2, 0) is 29.7 Å². The van der Waals surface area contributed by atoms with Gasteiger partial charge in [0, 0.05) is 31.2 Å². The van der Waals surface area contributed by atoms with Crippen LogP contribution in [0.5, 0.6) is 0 Å². The molecule has 1 amide bonds. The molecule has 2 aromatic carbocycles. The number of hydrogen-bond acceptors (Lipinski definition) is 5. The molecule has 1 aliphatic rings. The largest absolute Gasteiger partial charge is 0.472 e. The second-order valence-electron chi connectivity index (χ2n) is 8.74. The van der Waals surface area contributed by atoms with Crippen LogP contribution >= 0.6 is 39.1 Å². The first-order chi connectivity index (χ1) is 17.1. The quantitative estimate of drug-likeness (QED) is 0.335. The standard InChI is InChI=1S/C25H26BrCl2N3O4S/c1-30(36(33,34)24-22(27)11-21(26)12-23(24)28)14-20-10-17(13-29-25(32)19-6-9-35-16-19)4-5-18(20)15-31-7-2-3-8-31/h4-6,9-12,16H,2-3,7-8,13-15H2,1H3,(H,29,32). The summed E-state index contributed by atoms with van der Waals surface area (Å²) in [4.78, 5) is 14.6. The Balaban J connectivity index is 1.59. The van der Waals surface area contributed by atoms with Crippen LogP contribution in [0.1, 0.15) is 39.9 Å². The summed E-state index contributed by atoms with van der Waals surface area (Å²) in [6.45, 7) is 3.17. The fourth-order valence-corrected chi connectivity index (χ4v) is 7.23. The third-order valence-corrected chi connectivity index (χ3v) is 9.31. The number of halogens is 3.